The fraction of sp³-hybridized carbons (Fsp3) is 0.500. The summed E-state index contributed by atoms with van der Waals surface area (Å²) in [5, 5.41) is 33.1. The molecule has 0 aromatic carbocycles. The predicted molar refractivity (Wildman–Crippen MR) is 88.9 cm³/mol. The van der Waals surface area contributed by atoms with Gasteiger partial charge in [0.25, 0.3) is 0 Å². The highest BCUT2D eigenvalue weighted by molar-refractivity contribution is 5.92. The Balaban J connectivity index is 2.45. The number of carbonyl (C=O) groups is 4. The van der Waals surface area contributed by atoms with E-state index in [9.17, 15) is 24.3 Å². The number of carboxylic acid groups (broad SMARTS) is 1. The molecule has 3 atom stereocenters. The SMILES string of the molecule is NC(Cc1cnc[nH]1)C(=O)NCC(=O)NC(CO)C(=O)NC(CO)C(=O)O. The van der Waals surface area contributed by atoms with Crippen molar-refractivity contribution in [1.29, 1.82) is 0 Å². The first-order chi connectivity index (χ1) is 12.8. The topological polar surface area (TPSA) is 220 Å². The van der Waals surface area contributed by atoms with Gasteiger partial charge in [-0.05, 0) is 0 Å². The molecule has 150 valence electrons. The van der Waals surface area contributed by atoms with Gasteiger partial charge in [0.15, 0.2) is 0 Å². The zero-order valence-electron chi connectivity index (χ0n) is 14.2. The minimum absolute atomic E-state index is 0.173. The van der Waals surface area contributed by atoms with E-state index in [1.807, 2.05) is 5.32 Å². The Hall–Kier alpha value is -3.03. The highest BCUT2D eigenvalue weighted by atomic mass is 16.4. The van der Waals surface area contributed by atoms with Crippen molar-refractivity contribution in [1.82, 2.24) is 25.9 Å². The number of amides is 3. The van der Waals surface area contributed by atoms with Crippen LogP contribution in [0.3, 0.4) is 0 Å². The number of H-pyrrole nitrogens is 1. The molecule has 0 aliphatic heterocycles. The van der Waals surface area contributed by atoms with Gasteiger partial charge in [-0.2, -0.15) is 0 Å². The lowest BCUT2D eigenvalue weighted by molar-refractivity contribution is -0.143. The molecule has 0 spiro atoms. The van der Waals surface area contributed by atoms with Crippen molar-refractivity contribution in [3.8, 4) is 0 Å². The molecule has 1 heterocycles. The summed E-state index contributed by atoms with van der Waals surface area (Å²) >= 11 is 0. The number of imidazole rings is 1. The molecule has 3 unspecified atom stereocenters. The molecule has 0 aliphatic rings. The molecular formula is C14H22N6O7. The van der Waals surface area contributed by atoms with Gasteiger partial charge in [-0.1, -0.05) is 0 Å². The van der Waals surface area contributed by atoms with E-state index in [2.05, 4.69) is 20.6 Å². The summed E-state index contributed by atoms with van der Waals surface area (Å²) in [5.41, 5.74) is 6.33. The number of aliphatic hydroxyl groups excluding tert-OH is 2. The molecule has 0 bridgehead atoms. The van der Waals surface area contributed by atoms with Crippen molar-refractivity contribution < 1.29 is 34.5 Å². The van der Waals surface area contributed by atoms with E-state index >= 15 is 0 Å². The molecule has 27 heavy (non-hydrogen) atoms. The number of aliphatic hydroxyl groups is 2. The average Bonchev–Trinajstić information content (AvgIpc) is 3.14. The summed E-state index contributed by atoms with van der Waals surface area (Å²) < 4.78 is 0. The molecule has 0 saturated carbocycles. The lowest BCUT2D eigenvalue weighted by atomic mass is 10.1. The van der Waals surface area contributed by atoms with Crippen molar-refractivity contribution in [2.45, 2.75) is 24.5 Å². The van der Waals surface area contributed by atoms with Gasteiger partial charge in [0.05, 0.1) is 32.1 Å². The smallest absolute Gasteiger partial charge is 0.328 e. The molecular weight excluding hydrogens is 364 g/mol. The van der Waals surface area contributed by atoms with E-state index in [1.54, 1.807) is 0 Å². The Morgan fingerprint density at radius 1 is 1.11 bits per heavy atom. The second-order valence-electron chi connectivity index (χ2n) is 5.49. The predicted octanol–water partition coefficient (Wildman–Crippen LogP) is -4.57. The van der Waals surface area contributed by atoms with Gasteiger partial charge in [0, 0.05) is 18.3 Å². The summed E-state index contributed by atoms with van der Waals surface area (Å²) in [6.45, 7) is -2.19. The van der Waals surface area contributed by atoms with Crippen LogP contribution in [0.25, 0.3) is 0 Å². The largest absolute Gasteiger partial charge is 0.480 e. The van der Waals surface area contributed by atoms with Crippen LogP contribution < -0.4 is 21.7 Å². The zero-order valence-corrected chi connectivity index (χ0v) is 14.2. The second-order valence-corrected chi connectivity index (χ2v) is 5.49. The molecule has 0 fully saturated rings. The van der Waals surface area contributed by atoms with Crippen molar-refractivity contribution in [3.63, 3.8) is 0 Å². The first kappa shape index (κ1) is 22.0. The number of aliphatic carboxylic acids is 1. The van der Waals surface area contributed by atoms with Crippen molar-refractivity contribution >= 4 is 23.7 Å². The van der Waals surface area contributed by atoms with Gasteiger partial charge >= 0.3 is 5.97 Å². The molecule has 0 aliphatic carbocycles. The van der Waals surface area contributed by atoms with Crippen LogP contribution in [0, 0.1) is 0 Å². The van der Waals surface area contributed by atoms with Crippen LogP contribution in [0.5, 0.6) is 0 Å². The summed E-state index contributed by atoms with van der Waals surface area (Å²) in [7, 11) is 0. The molecule has 1 rings (SSSR count). The third-order valence-corrected chi connectivity index (χ3v) is 3.39. The van der Waals surface area contributed by atoms with E-state index in [0.29, 0.717) is 5.69 Å². The Morgan fingerprint density at radius 3 is 2.30 bits per heavy atom. The maximum absolute atomic E-state index is 11.9. The number of carbonyl (C=O) groups excluding carboxylic acids is 3. The van der Waals surface area contributed by atoms with Gasteiger partial charge in [0.2, 0.25) is 17.7 Å². The first-order valence-electron chi connectivity index (χ1n) is 7.83. The number of rotatable bonds is 11. The Morgan fingerprint density at radius 2 is 1.78 bits per heavy atom. The number of aromatic amines is 1. The highest BCUT2D eigenvalue weighted by Gasteiger charge is 2.26. The molecule has 1 aromatic rings. The summed E-state index contributed by atoms with van der Waals surface area (Å²) in [5.74, 6) is -3.90. The van der Waals surface area contributed by atoms with Gasteiger partial charge in [0.1, 0.15) is 12.1 Å². The second kappa shape index (κ2) is 10.8. The average molecular weight is 386 g/mol. The van der Waals surface area contributed by atoms with E-state index in [1.165, 1.54) is 12.5 Å². The molecule has 13 heteroatoms. The fourth-order valence-electron chi connectivity index (χ4n) is 1.92. The Labute approximate surface area is 153 Å². The number of hydrogen-bond donors (Lipinski definition) is 8. The van der Waals surface area contributed by atoms with Crippen LogP contribution in [0.2, 0.25) is 0 Å². The molecule has 13 nitrogen and oxygen atoms in total. The van der Waals surface area contributed by atoms with Crippen LogP contribution in [0.15, 0.2) is 12.5 Å². The monoisotopic (exact) mass is 386 g/mol. The molecule has 0 radical (unpaired) electrons. The number of hydrogen-bond acceptors (Lipinski definition) is 8. The number of aromatic nitrogens is 2. The van der Waals surface area contributed by atoms with Crippen LogP contribution in [-0.2, 0) is 25.6 Å². The fourth-order valence-corrected chi connectivity index (χ4v) is 1.92. The maximum Gasteiger partial charge on any atom is 0.328 e. The molecule has 1 aromatic heterocycles. The standard InChI is InChI=1S/C14H22N6O7/c15-8(1-7-2-16-6-18-7)12(24)17-3-11(23)19-9(4-21)13(25)20-10(5-22)14(26)27/h2,6,8-10,21-22H,1,3-5,15H2,(H,16,18)(H,17,24)(H,19,23)(H,20,25)(H,26,27). The normalized spacial score (nSPS) is 13.9. The van der Waals surface area contributed by atoms with Gasteiger partial charge in [-0.3, -0.25) is 14.4 Å². The van der Waals surface area contributed by atoms with Gasteiger partial charge in [-0.15, -0.1) is 0 Å². The van der Waals surface area contributed by atoms with E-state index < -0.39 is 61.6 Å². The van der Waals surface area contributed by atoms with E-state index in [4.69, 9.17) is 15.9 Å². The van der Waals surface area contributed by atoms with Crippen molar-refractivity contribution in [3.05, 3.63) is 18.2 Å². The van der Waals surface area contributed by atoms with Crippen LogP contribution in [0.1, 0.15) is 5.69 Å². The maximum atomic E-state index is 11.9. The molecule has 3 amide bonds. The quantitative estimate of drug-likeness (QED) is 0.183. The summed E-state index contributed by atoms with van der Waals surface area (Å²) in [4.78, 5) is 52.8. The van der Waals surface area contributed by atoms with Gasteiger partial charge in [-0.25, -0.2) is 9.78 Å². The minimum atomic E-state index is -1.58. The van der Waals surface area contributed by atoms with Crippen molar-refractivity contribution in [2.75, 3.05) is 19.8 Å². The molecule has 0 saturated heterocycles. The van der Waals surface area contributed by atoms with E-state index in [-0.39, 0.29) is 6.42 Å². The number of nitrogens with zero attached hydrogens (tertiary/aromatic N) is 1. The lowest BCUT2D eigenvalue weighted by Gasteiger charge is -2.19. The van der Waals surface area contributed by atoms with Crippen LogP contribution in [0.4, 0.5) is 0 Å². The summed E-state index contributed by atoms with van der Waals surface area (Å²) in [6, 6.07) is -3.97. The van der Waals surface area contributed by atoms with Crippen LogP contribution in [-0.4, -0.2) is 86.9 Å². The molecule has 9 N–H and O–H groups in total. The minimum Gasteiger partial charge on any atom is -0.480 e. The first-order valence-corrected chi connectivity index (χ1v) is 7.83. The number of carboxylic acids is 1. The Bertz CT molecular complexity index is 650. The van der Waals surface area contributed by atoms with Crippen LogP contribution >= 0.6 is 0 Å². The lowest BCUT2D eigenvalue weighted by Crippen LogP contribution is -2.55. The van der Waals surface area contributed by atoms with Crippen molar-refractivity contribution in [2.24, 2.45) is 5.73 Å². The summed E-state index contributed by atoms with van der Waals surface area (Å²) in [6.07, 6.45) is 3.10. The number of nitrogens with one attached hydrogen (secondary N) is 4. The van der Waals surface area contributed by atoms with Gasteiger partial charge < -0.3 is 42.0 Å². The Kier molecular flexibility index (Phi) is 8.84. The zero-order chi connectivity index (χ0) is 20.4. The highest BCUT2D eigenvalue weighted by Crippen LogP contribution is 1.96. The number of nitrogens with two attached hydrogens (primary N) is 1. The third-order valence-electron chi connectivity index (χ3n) is 3.39. The van der Waals surface area contributed by atoms with E-state index in [0.717, 1.165) is 0 Å². The third kappa shape index (κ3) is 7.39.